The van der Waals surface area contributed by atoms with Crippen molar-refractivity contribution in [3.63, 3.8) is 0 Å². The van der Waals surface area contributed by atoms with Crippen LogP contribution in [0.5, 0.6) is 0 Å². The highest BCUT2D eigenvalue weighted by Gasteiger charge is 2.30. The summed E-state index contributed by atoms with van der Waals surface area (Å²) in [4.78, 5) is 13.0. The maximum Gasteiger partial charge on any atom is 0.137 e. The lowest BCUT2D eigenvalue weighted by atomic mass is 9.90. The highest BCUT2D eigenvalue weighted by molar-refractivity contribution is 7.16. The van der Waals surface area contributed by atoms with Gasteiger partial charge in [0.05, 0.1) is 5.56 Å². The van der Waals surface area contributed by atoms with E-state index in [0.29, 0.717) is 25.1 Å². The van der Waals surface area contributed by atoms with E-state index in [0.717, 1.165) is 33.7 Å². The zero-order chi connectivity index (χ0) is 14.4. The summed E-state index contributed by atoms with van der Waals surface area (Å²) in [5.74, 6) is 0.602. The predicted molar refractivity (Wildman–Crippen MR) is 85.7 cm³/mol. The standard InChI is InChI=1S/C17H15NO2S/c19-11-6-7-14-12(8-11)15-16(20)13(9-18-17(15)21-14)10-4-2-1-3-5-10/h1-5,18,20H,6-9H2. The molecule has 0 saturated heterocycles. The molecular formula is C17H15NO2S. The van der Waals surface area contributed by atoms with Gasteiger partial charge in [-0.2, -0.15) is 0 Å². The van der Waals surface area contributed by atoms with E-state index in [2.05, 4.69) is 5.32 Å². The van der Waals surface area contributed by atoms with Crippen molar-refractivity contribution in [2.24, 2.45) is 0 Å². The van der Waals surface area contributed by atoms with Crippen LogP contribution < -0.4 is 5.32 Å². The minimum atomic E-state index is 0.266. The molecule has 0 unspecified atom stereocenters. The van der Waals surface area contributed by atoms with Crippen LogP contribution in [0.2, 0.25) is 0 Å². The SMILES string of the molecule is O=C1CCc2sc3c(c2C1)C(O)=C(c1ccccc1)CN3. The number of rotatable bonds is 1. The van der Waals surface area contributed by atoms with Crippen molar-refractivity contribution in [3.05, 3.63) is 51.9 Å². The maximum atomic E-state index is 11.8. The molecule has 0 radical (unpaired) electrons. The summed E-state index contributed by atoms with van der Waals surface area (Å²) in [6, 6.07) is 9.91. The molecule has 0 atom stereocenters. The van der Waals surface area contributed by atoms with Crippen molar-refractivity contribution in [2.75, 3.05) is 11.9 Å². The van der Waals surface area contributed by atoms with Gasteiger partial charge in [-0.25, -0.2) is 0 Å². The minimum absolute atomic E-state index is 0.266. The highest BCUT2D eigenvalue weighted by Crippen LogP contribution is 2.44. The summed E-state index contributed by atoms with van der Waals surface area (Å²) in [6.07, 6.45) is 1.89. The number of aliphatic hydroxyl groups is 1. The van der Waals surface area contributed by atoms with Gasteiger partial charge in [-0.1, -0.05) is 30.3 Å². The zero-order valence-corrected chi connectivity index (χ0v) is 12.3. The van der Waals surface area contributed by atoms with Gasteiger partial charge in [0, 0.05) is 29.8 Å². The average Bonchev–Trinajstić information content (AvgIpc) is 2.87. The summed E-state index contributed by atoms with van der Waals surface area (Å²) in [5, 5.41) is 15.2. The Kier molecular flexibility index (Phi) is 2.86. The lowest BCUT2D eigenvalue weighted by molar-refractivity contribution is -0.118. The van der Waals surface area contributed by atoms with Crippen LogP contribution in [0.4, 0.5) is 5.00 Å². The predicted octanol–water partition coefficient (Wildman–Crippen LogP) is 3.66. The Balaban J connectivity index is 1.88. The van der Waals surface area contributed by atoms with Crippen LogP contribution in [0.25, 0.3) is 11.3 Å². The van der Waals surface area contributed by atoms with Gasteiger partial charge in [0.25, 0.3) is 0 Å². The molecule has 1 aromatic heterocycles. The molecular weight excluding hydrogens is 282 g/mol. The quantitative estimate of drug-likeness (QED) is 0.844. The van der Waals surface area contributed by atoms with E-state index in [1.54, 1.807) is 11.3 Å². The van der Waals surface area contributed by atoms with Crippen LogP contribution in [0.1, 0.15) is 28.0 Å². The Morgan fingerprint density at radius 3 is 2.76 bits per heavy atom. The summed E-state index contributed by atoms with van der Waals surface area (Å²) < 4.78 is 0. The fraction of sp³-hybridized carbons (Fsp3) is 0.235. The normalized spacial score (nSPS) is 17.2. The van der Waals surface area contributed by atoms with E-state index >= 15 is 0 Å². The van der Waals surface area contributed by atoms with Crippen molar-refractivity contribution in [2.45, 2.75) is 19.3 Å². The van der Waals surface area contributed by atoms with Crippen LogP contribution in [0.15, 0.2) is 30.3 Å². The minimum Gasteiger partial charge on any atom is -0.507 e. The van der Waals surface area contributed by atoms with E-state index in [-0.39, 0.29) is 5.78 Å². The van der Waals surface area contributed by atoms with E-state index in [9.17, 15) is 9.90 Å². The second-order valence-corrected chi connectivity index (χ2v) is 6.58. The largest absolute Gasteiger partial charge is 0.507 e. The van der Waals surface area contributed by atoms with Gasteiger partial charge >= 0.3 is 0 Å². The lowest BCUT2D eigenvalue weighted by Crippen LogP contribution is -2.15. The summed E-state index contributed by atoms with van der Waals surface area (Å²) in [7, 11) is 0. The third kappa shape index (κ3) is 1.98. The highest BCUT2D eigenvalue weighted by atomic mass is 32.1. The number of benzene rings is 1. The smallest absolute Gasteiger partial charge is 0.137 e. The van der Waals surface area contributed by atoms with Crippen LogP contribution in [0, 0.1) is 0 Å². The first-order valence-corrected chi connectivity index (χ1v) is 7.93. The van der Waals surface area contributed by atoms with Crippen LogP contribution in [0.3, 0.4) is 0 Å². The number of aliphatic hydroxyl groups excluding tert-OH is 1. The fourth-order valence-corrected chi connectivity index (χ4v) is 4.31. The average molecular weight is 297 g/mol. The second-order valence-electron chi connectivity index (χ2n) is 5.47. The number of carbonyl (C=O) groups is 1. The Bertz CT molecular complexity index is 759. The summed E-state index contributed by atoms with van der Waals surface area (Å²) >= 11 is 1.68. The zero-order valence-electron chi connectivity index (χ0n) is 11.5. The van der Waals surface area contributed by atoms with Crippen molar-refractivity contribution >= 4 is 33.5 Å². The number of carbonyl (C=O) groups excluding carboxylic acids is 1. The summed E-state index contributed by atoms with van der Waals surface area (Å²) in [5.41, 5.74) is 3.81. The molecule has 4 rings (SSSR count). The van der Waals surface area contributed by atoms with Crippen molar-refractivity contribution in [1.82, 2.24) is 0 Å². The molecule has 0 bridgehead atoms. The molecule has 4 heteroatoms. The van der Waals surface area contributed by atoms with Crippen LogP contribution in [-0.2, 0) is 17.6 Å². The Labute approximate surface area is 126 Å². The van der Waals surface area contributed by atoms with Gasteiger partial charge in [-0.3, -0.25) is 4.79 Å². The maximum absolute atomic E-state index is 11.8. The Morgan fingerprint density at radius 2 is 1.95 bits per heavy atom. The van der Waals surface area contributed by atoms with Gasteiger partial charge in [0.15, 0.2) is 0 Å². The van der Waals surface area contributed by atoms with Gasteiger partial charge in [0.2, 0.25) is 0 Å². The second kappa shape index (κ2) is 4.74. The summed E-state index contributed by atoms with van der Waals surface area (Å²) in [6.45, 7) is 0.621. The van der Waals surface area contributed by atoms with Gasteiger partial charge in [0.1, 0.15) is 16.5 Å². The van der Waals surface area contributed by atoms with Gasteiger partial charge in [-0.05, 0) is 17.5 Å². The molecule has 0 saturated carbocycles. The third-order valence-electron chi connectivity index (χ3n) is 4.17. The van der Waals surface area contributed by atoms with Crippen molar-refractivity contribution in [3.8, 4) is 0 Å². The first-order chi connectivity index (χ1) is 10.2. The molecule has 3 nitrogen and oxygen atoms in total. The van der Waals surface area contributed by atoms with Crippen molar-refractivity contribution < 1.29 is 9.90 Å². The number of hydrogen-bond acceptors (Lipinski definition) is 4. The van der Waals surface area contributed by atoms with E-state index in [4.69, 9.17) is 0 Å². The van der Waals surface area contributed by atoms with Crippen molar-refractivity contribution in [1.29, 1.82) is 0 Å². The molecule has 2 N–H and O–H groups in total. The number of Topliss-reactive ketones (excluding diaryl/α,β-unsaturated/α-hetero) is 1. The molecule has 0 fully saturated rings. The number of aryl methyl sites for hydroxylation is 1. The molecule has 106 valence electrons. The monoisotopic (exact) mass is 297 g/mol. The molecule has 0 amide bonds. The number of hydrogen-bond donors (Lipinski definition) is 2. The molecule has 2 aromatic rings. The third-order valence-corrected chi connectivity index (χ3v) is 5.42. The van der Waals surface area contributed by atoms with E-state index < -0.39 is 0 Å². The number of anilines is 1. The topological polar surface area (TPSA) is 49.3 Å². The van der Waals surface area contributed by atoms with Gasteiger partial charge in [-0.15, -0.1) is 11.3 Å². The van der Waals surface area contributed by atoms with Gasteiger partial charge < -0.3 is 10.4 Å². The first kappa shape index (κ1) is 12.7. The first-order valence-electron chi connectivity index (χ1n) is 7.12. The number of thiophene rings is 1. The molecule has 21 heavy (non-hydrogen) atoms. The molecule has 1 aliphatic heterocycles. The van der Waals surface area contributed by atoms with E-state index in [1.807, 2.05) is 30.3 Å². The molecule has 1 aliphatic carbocycles. The van der Waals surface area contributed by atoms with Crippen LogP contribution >= 0.6 is 11.3 Å². The number of nitrogens with one attached hydrogen (secondary N) is 1. The van der Waals surface area contributed by atoms with Crippen LogP contribution in [-0.4, -0.2) is 17.4 Å². The molecule has 0 spiro atoms. The fourth-order valence-electron chi connectivity index (χ4n) is 3.10. The number of fused-ring (bicyclic) bond motifs is 3. The lowest BCUT2D eigenvalue weighted by Gasteiger charge is -2.20. The Morgan fingerprint density at radius 1 is 1.14 bits per heavy atom. The number of ketones is 1. The molecule has 2 heterocycles. The Hall–Kier alpha value is -2.07. The molecule has 1 aromatic carbocycles. The molecule has 2 aliphatic rings. The van der Waals surface area contributed by atoms with E-state index in [1.165, 1.54) is 4.88 Å².